The number of hydrogen-bond acceptors (Lipinski definition) is 2. The van der Waals surface area contributed by atoms with E-state index in [0.717, 1.165) is 5.92 Å². The molecule has 0 radical (unpaired) electrons. The molecule has 18 heavy (non-hydrogen) atoms. The molecule has 3 aliphatic carbocycles. The Hall–Kier alpha value is -0.920. The van der Waals surface area contributed by atoms with Crippen molar-refractivity contribution in [2.24, 2.45) is 5.41 Å². The number of fused-ring (bicyclic) bond motifs is 5. The maximum atomic E-state index is 4.68. The van der Waals surface area contributed by atoms with E-state index in [4.69, 9.17) is 0 Å². The first kappa shape index (κ1) is 11.0. The van der Waals surface area contributed by atoms with Crippen LogP contribution in [-0.4, -0.2) is 10.2 Å². The van der Waals surface area contributed by atoms with Crippen molar-refractivity contribution in [3.63, 3.8) is 0 Å². The molecule has 0 aliphatic heterocycles. The summed E-state index contributed by atoms with van der Waals surface area (Å²) in [6.45, 7) is 9.57. The smallest absolute Gasteiger partial charge is 0.0733 e. The largest absolute Gasteiger partial charge is 0.155 e. The van der Waals surface area contributed by atoms with Gasteiger partial charge in [-0.25, -0.2) is 0 Å². The first-order valence-electron chi connectivity index (χ1n) is 7.34. The first-order chi connectivity index (χ1) is 8.47. The summed E-state index contributed by atoms with van der Waals surface area (Å²) in [6.07, 6.45) is 5.26. The Kier molecular flexibility index (Phi) is 1.81. The summed E-state index contributed by atoms with van der Waals surface area (Å²) in [6, 6.07) is 0. The average Bonchev–Trinajstić information content (AvgIpc) is 3.08. The van der Waals surface area contributed by atoms with Crippen LogP contribution in [0.15, 0.2) is 0 Å². The molecule has 2 fully saturated rings. The van der Waals surface area contributed by atoms with E-state index in [-0.39, 0.29) is 5.41 Å². The van der Waals surface area contributed by atoms with Gasteiger partial charge in [0.2, 0.25) is 0 Å². The van der Waals surface area contributed by atoms with Crippen molar-refractivity contribution in [1.82, 2.24) is 10.2 Å². The van der Waals surface area contributed by atoms with Crippen molar-refractivity contribution < 1.29 is 0 Å². The summed E-state index contributed by atoms with van der Waals surface area (Å²) in [5.41, 5.74) is 6.30. The van der Waals surface area contributed by atoms with Gasteiger partial charge in [-0.1, -0.05) is 20.8 Å². The van der Waals surface area contributed by atoms with Crippen LogP contribution in [0.1, 0.15) is 80.8 Å². The molecule has 3 aliphatic rings. The molecule has 96 valence electrons. The lowest BCUT2D eigenvalue weighted by Crippen LogP contribution is -2.32. The summed E-state index contributed by atoms with van der Waals surface area (Å²) in [4.78, 5) is 0. The third-order valence-corrected chi connectivity index (χ3v) is 6.36. The molecule has 2 nitrogen and oxygen atoms in total. The zero-order valence-corrected chi connectivity index (χ0v) is 11.9. The van der Waals surface area contributed by atoms with Gasteiger partial charge in [0.15, 0.2) is 0 Å². The van der Waals surface area contributed by atoms with Crippen LogP contribution in [0.4, 0.5) is 0 Å². The number of hydrogen-bond donors (Lipinski definition) is 0. The topological polar surface area (TPSA) is 25.8 Å². The van der Waals surface area contributed by atoms with E-state index < -0.39 is 0 Å². The Morgan fingerprint density at radius 1 is 1.06 bits per heavy atom. The standard InChI is InChI=1S/C16H22N2/c1-9-12-11-7-8-16(4,15(11,2)3)14(12)18-17-13(9)10-5-6-10/h10-11H,5-8H2,1-4H3/t11-,16+/m0/s1. The van der Waals surface area contributed by atoms with E-state index in [2.05, 4.69) is 37.9 Å². The molecule has 2 bridgehead atoms. The van der Waals surface area contributed by atoms with E-state index >= 15 is 0 Å². The predicted molar refractivity (Wildman–Crippen MR) is 71.9 cm³/mol. The number of rotatable bonds is 1. The normalized spacial score (nSPS) is 35.9. The molecular formula is C16H22N2. The monoisotopic (exact) mass is 242 g/mol. The molecule has 0 saturated heterocycles. The van der Waals surface area contributed by atoms with Crippen LogP contribution in [0.2, 0.25) is 0 Å². The van der Waals surface area contributed by atoms with Crippen molar-refractivity contribution in [3.05, 3.63) is 22.5 Å². The quantitative estimate of drug-likeness (QED) is 0.747. The summed E-state index contributed by atoms with van der Waals surface area (Å²) in [5, 5.41) is 9.27. The van der Waals surface area contributed by atoms with Crippen LogP contribution in [0.5, 0.6) is 0 Å². The highest BCUT2D eigenvalue weighted by molar-refractivity contribution is 5.50. The highest BCUT2D eigenvalue weighted by Gasteiger charge is 2.61. The Labute approximate surface area is 109 Å². The molecule has 2 atom stereocenters. The summed E-state index contributed by atoms with van der Waals surface area (Å²) in [7, 11) is 0. The zero-order valence-electron chi connectivity index (χ0n) is 11.9. The highest BCUT2D eigenvalue weighted by atomic mass is 15.1. The fourth-order valence-corrected chi connectivity index (χ4v) is 4.56. The Morgan fingerprint density at radius 2 is 1.78 bits per heavy atom. The second kappa shape index (κ2) is 2.97. The molecule has 1 aromatic rings. The van der Waals surface area contributed by atoms with Crippen LogP contribution in [0.25, 0.3) is 0 Å². The minimum atomic E-state index is 0.257. The van der Waals surface area contributed by atoms with Crippen LogP contribution >= 0.6 is 0 Å². The van der Waals surface area contributed by atoms with Gasteiger partial charge in [0.1, 0.15) is 0 Å². The predicted octanol–water partition coefficient (Wildman–Crippen LogP) is 3.84. The molecule has 1 aromatic heterocycles. The Bertz CT molecular complexity index is 542. The SMILES string of the molecule is Cc1c(C2CC2)nnc2c1[C@@H]1CC[C@@]2(C)C1(C)C. The molecule has 0 amide bonds. The fraction of sp³-hybridized carbons (Fsp3) is 0.750. The minimum absolute atomic E-state index is 0.257. The number of aromatic nitrogens is 2. The van der Waals surface area contributed by atoms with Crippen LogP contribution < -0.4 is 0 Å². The van der Waals surface area contributed by atoms with Crippen molar-refractivity contribution in [2.45, 2.75) is 70.6 Å². The number of nitrogens with zero attached hydrogens (tertiary/aromatic N) is 2. The van der Waals surface area contributed by atoms with Gasteiger partial charge < -0.3 is 0 Å². The van der Waals surface area contributed by atoms with Crippen molar-refractivity contribution in [3.8, 4) is 0 Å². The van der Waals surface area contributed by atoms with Crippen LogP contribution in [0, 0.1) is 12.3 Å². The minimum Gasteiger partial charge on any atom is -0.155 e. The van der Waals surface area contributed by atoms with E-state index in [0.29, 0.717) is 11.3 Å². The summed E-state index contributed by atoms with van der Waals surface area (Å²) in [5.74, 6) is 1.43. The second-order valence-corrected chi connectivity index (χ2v) is 7.39. The van der Waals surface area contributed by atoms with Gasteiger partial charge in [0, 0.05) is 11.3 Å². The zero-order chi connectivity index (χ0) is 12.7. The summed E-state index contributed by atoms with van der Waals surface area (Å²) < 4.78 is 0. The maximum Gasteiger partial charge on any atom is 0.0733 e. The van der Waals surface area contributed by atoms with Crippen molar-refractivity contribution in [1.29, 1.82) is 0 Å². The first-order valence-corrected chi connectivity index (χ1v) is 7.34. The third-order valence-electron chi connectivity index (χ3n) is 6.36. The fourth-order valence-electron chi connectivity index (χ4n) is 4.56. The molecule has 0 aromatic carbocycles. The molecule has 2 saturated carbocycles. The van der Waals surface area contributed by atoms with Gasteiger partial charge in [0.25, 0.3) is 0 Å². The lowest BCUT2D eigenvalue weighted by molar-refractivity contribution is 0.226. The molecule has 0 spiro atoms. The van der Waals surface area contributed by atoms with E-state index in [1.165, 1.54) is 42.6 Å². The molecular weight excluding hydrogens is 220 g/mol. The van der Waals surface area contributed by atoms with Gasteiger partial charge in [-0.05, 0) is 55.1 Å². The molecule has 4 rings (SSSR count). The Morgan fingerprint density at radius 3 is 2.44 bits per heavy atom. The van der Waals surface area contributed by atoms with Crippen molar-refractivity contribution in [2.75, 3.05) is 0 Å². The maximum absolute atomic E-state index is 4.68. The average molecular weight is 242 g/mol. The lowest BCUT2D eigenvalue weighted by atomic mass is 9.70. The van der Waals surface area contributed by atoms with Gasteiger partial charge in [-0.15, -0.1) is 0 Å². The lowest BCUT2D eigenvalue weighted by Gasteiger charge is -2.33. The third kappa shape index (κ3) is 1.02. The van der Waals surface area contributed by atoms with Crippen molar-refractivity contribution >= 4 is 0 Å². The molecule has 1 heterocycles. The van der Waals surface area contributed by atoms with Gasteiger partial charge in [0.05, 0.1) is 11.4 Å². The molecule has 2 heteroatoms. The van der Waals surface area contributed by atoms with Gasteiger partial charge in [-0.2, -0.15) is 10.2 Å². The molecule has 0 N–H and O–H groups in total. The molecule has 0 unspecified atom stereocenters. The second-order valence-electron chi connectivity index (χ2n) is 7.39. The van der Waals surface area contributed by atoms with E-state index in [9.17, 15) is 0 Å². The van der Waals surface area contributed by atoms with E-state index in [1.54, 1.807) is 5.56 Å². The highest BCUT2D eigenvalue weighted by Crippen LogP contribution is 2.67. The van der Waals surface area contributed by atoms with Crippen LogP contribution in [-0.2, 0) is 5.41 Å². The van der Waals surface area contributed by atoms with Gasteiger partial charge >= 0.3 is 0 Å². The van der Waals surface area contributed by atoms with E-state index in [1.807, 2.05) is 0 Å². The van der Waals surface area contributed by atoms with Crippen LogP contribution in [0.3, 0.4) is 0 Å². The Balaban J connectivity index is 1.97. The summed E-state index contributed by atoms with van der Waals surface area (Å²) >= 11 is 0. The van der Waals surface area contributed by atoms with Gasteiger partial charge in [-0.3, -0.25) is 0 Å².